The van der Waals surface area contributed by atoms with Gasteiger partial charge in [-0.15, -0.1) is 0 Å². The second-order valence-electron chi connectivity index (χ2n) is 7.42. The minimum atomic E-state index is -0.872. The highest BCUT2D eigenvalue weighted by Gasteiger charge is 2.22. The number of rotatable bonds is 8. The lowest BCUT2D eigenvalue weighted by Crippen LogP contribution is -2.42. The zero-order chi connectivity index (χ0) is 25.2. The molecule has 34 heavy (non-hydrogen) atoms. The van der Waals surface area contributed by atoms with Crippen LogP contribution >= 0.6 is 0 Å². The Morgan fingerprint density at radius 3 is 2.44 bits per heavy atom. The molecule has 0 aliphatic rings. The smallest absolute Gasteiger partial charge is 0.338 e. The molecule has 0 bridgehead atoms. The van der Waals surface area contributed by atoms with Crippen molar-refractivity contribution in [2.24, 2.45) is 14.1 Å². The van der Waals surface area contributed by atoms with Crippen LogP contribution in [0.2, 0.25) is 0 Å². The fourth-order valence-electron chi connectivity index (χ4n) is 3.18. The first-order chi connectivity index (χ1) is 16.1. The Balaban J connectivity index is 1.73. The van der Waals surface area contributed by atoms with Crippen molar-refractivity contribution in [2.75, 3.05) is 19.5 Å². The molecule has 0 atom stereocenters. The van der Waals surface area contributed by atoms with E-state index in [0.29, 0.717) is 17.2 Å². The van der Waals surface area contributed by atoms with E-state index in [1.807, 2.05) is 0 Å². The Morgan fingerprint density at radius 2 is 1.82 bits per heavy atom. The topological polar surface area (TPSA) is 158 Å². The molecule has 3 aromatic rings. The number of nitrogen functional groups attached to an aromatic ring is 1. The molecule has 0 spiro atoms. The number of carbonyl (C=O) groups is 2. The van der Waals surface area contributed by atoms with Gasteiger partial charge in [-0.05, 0) is 32.0 Å². The van der Waals surface area contributed by atoms with Gasteiger partial charge in [0.15, 0.2) is 18.1 Å². The van der Waals surface area contributed by atoms with Crippen molar-refractivity contribution in [1.82, 2.24) is 14.3 Å². The molecule has 0 saturated carbocycles. The van der Waals surface area contributed by atoms with Crippen molar-refractivity contribution in [3.63, 3.8) is 0 Å². The van der Waals surface area contributed by atoms with E-state index in [1.165, 1.54) is 39.4 Å². The molecular formula is C22H24N4O8. The Hall–Kier alpha value is -4.35. The minimum absolute atomic E-state index is 0.0932. The molecule has 0 aliphatic heterocycles. The summed E-state index contributed by atoms with van der Waals surface area (Å²) in [5, 5.41) is 3.87. The third-order valence-electron chi connectivity index (χ3n) is 5.28. The molecule has 2 aromatic heterocycles. The molecule has 2 N–H and O–H groups in total. The van der Waals surface area contributed by atoms with Gasteiger partial charge in [-0.25, -0.2) is 9.59 Å². The van der Waals surface area contributed by atoms with Crippen molar-refractivity contribution in [3.05, 3.63) is 67.2 Å². The van der Waals surface area contributed by atoms with Crippen LogP contribution in [0.25, 0.3) is 0 Å². The van der Waals surface area contributed by atoms with E-state index >= 15 is 0 Å². The Labute approximate surface area is 193 Å². The van der Waals surface area contributed by atoms with Crippen LogP contribution in [0.4, 0.5) is 5.82 Å². The number of aromatic nitrogens is 3. The number of nitrogens with two attached hydrogens (primary N) is 1. The second-order valence-corrected chi connectivity index (χ2v) is 7.42. The van der Waals surface area contributed by atoms with E-state index in [9.17, 15) is 19.2 Å². The molecule has 0 radical (unpaired) electrons. The van der Waals surface area contributed by atoms with Crippen LogP contribution in [-0.4, -0.2) is 39.8 Å². The molecule has 180 valence electrons. The van der Waals surface area contributed by atoms with E-state index in [-0.39, 0.29) is 23.7 Å². The average molecular weight is 472 g/mol. The zero-order valence-electron chi connectivity index (χ0n) is 19.3. The Kier molecular flexibility index (Phi) is 6.89. The summed E-state index contributed by atoms with van der Waals surface area (Å²) in [4.78, 5) is 49.2. The summed E-state index contributed by atoms with van der Waals surface area (Å²) in [7, 11) is 3.95. The first kappa shape index (κ1) is 24.3. The molecular weight excluding hydrogens is 448 g/mol. The lowest BCUT2D eigenvalue weighted by molar-refractivity contribution is 0.0474. The SMILES string of the molecule is COc1cc(C(=O)OCC(=O)c2c(N)n(C)c(=O)n(C)c2=O)ccc1OCc1c(C)noc1C. The molecule has 0 fully saturated rings. The standard InChI is InChI=1S/C22H24N4O8/c1-11-14(12(2)34-24-11)9-32-16-7-6-13(8-17(16)31-5)21(29)33-10-15(27)18-19(23)25(3)22(30)26(4)20(18)28/h6-8H,9-10,23H2,1-5H3. The number of anilines is 1. The largest absolute Gasteiger partial charge is 0.493 e. The second kappa shape index (κ2) is 9.65. The number of Topliss-reactive ketones (excluding diaryl/α,β-unsaturated/α-hetero) is 1. The summed E-state index contributed by atoms with van der Waals surface area (Å²) < 4.78 is 22.9. The van der Waals surface area contributed by atoms with E-state index in [2.05, 4.69) is 5.16 Å². The maximum Gasteiger partial charge on any atom is 0.338 e. The maximum absolute atomic E-state index is 12.5. The minimum Gasteiger partial charge on any atom is -0.493 e. The predicted molar refractivity (Wildman–Crippen MR) is 119 cm³/mol. The number of aryl methyl sites for hydroxylation is 2. The van der Waals surface area contributed by atoms with Crippen LogP contribution in [0.5, 0.6) is 11.5 Å². The highest BCUT2D eigenvalue weighted by Crippen LogP contribution is 2.29. The summed E-state index contributed by atoms with van der Waals surface area (Å²) >= 11 is 0. The molecule has 0 amide bonds. The van der Waals surface area contributed by atoms with Crippen molar-refractivity contribution < 1.29 is 28.3 Å². The van der Waals surface area contributed by atoms with Gasteiger partial charge < -0.3 is 24.5 Å². The first-order valence-corrected chi connectivity index (χ1v) is 10.0. The van der Waals surface area contributed by atoms with Gasteiger partial charge in [0.05, 0.1) is 23.9 Å². The lowest BCUT2D eigenvalue weighted by Gasteiger charge is -2.13. The monoisotopic (exact) mass is 472 g/mol. The zero-order valence-corrected chi connectivity index (χ0v) is 19.3. The fourth-order valence-corrected chi connectivity index (χ4v) is 3.18. The molecule has 0 unspecified atom stereocenters. The van der Waals surface area contributed by atoms with Gasteiger partial charge >= 0.3 is 11.7 Å². The number of hydrogen-bond donors (Lipinski definition) is 1. The van der Waals surface area contributed by atoms with Gasteiger partial charge in [0.1, 0.15) is 23.7 Å². The third-order valence-corrected chi connectivity index (χ3v) is 5.28. The number of benzene rings is 1. The molecule has 2 heterocycles. The predicted octanol–water partition coefficient (Wildman–Crippen LogP) is 0.898. The van der Waals surface area contributed by atoms with Gasteiger partial charge in [0.2, 0.25) is 5.78 Å². The summed E-state index contributed by atoms with van der Waals surface area (Å²) in [5.74, 6) is -0.705. The van der Waals surface area contributed by atoms with Crippen molar-refractivity contribution in [2.45, 2.75) is 20.5 Å². The summed E-state index contributed by atoms with van der Waals surface area (Å²) in [6, 6.07) is 4.36. The highest BCUT2D eigenvalue weighted by atomic mass is 16.5. The third kappa shape index (κ3) is 4.56. The Morgan fingerprint density at radius 1 is 1.12 bits per heavy atom. The van der Waals surface area contributed by atoms with Crippen LogP contribution in [-0.2, 0) is 25.4 Å². The van der Waals surface area contributed by atoms with E-state index in [0.717, 1.165) is 14.7 Å². The fraction of sp³-hybridized carbons (Fsp3) is 0.318. The van der Waals surface area contributed by atoms with Gasteiger partial charge in [-0.1, -0.05) is 5.16 Å². The molecule has 3 rings (SSSR count). The average Bonchev–Trinajstić information content (AvgIpc) is 3.15. The summed E-state index contributed by atoms with van der Waals surface area (Å²) in [5.41, 5.74) is 5.37. The van der Waals surface area contributed by atoms with Gasteiger partial charge in [0.25, 0.3) is 5.56 Å². The van der Waals surface area contributed by atoms with Crippen molar-refractivity contribution in [3.8, 4) is 11.5 Å². The van der Waals surface area contributed by atoms with E-state index in [1.54, 1.807) is 13.8 Å². The van der Waals surface area contributed by atoms with Crippen LogP contribution in [0.1, 0.15) is 37.7 Å². The maximum atomic E-state index is 12.5. The van der Waals surface area contributed by atoms with Crippen LogP contribution in [0, 0.1) is 13.8 Å². The van der Waals surface area contributed by atoms with Crippen LogP contribution in [0.15, 0.2) is 32.3 Å². The van der Waals surface area contributed by atoms with E-state index in [4.69, 9.17) is 24.5 Å². The number of ketones is 1. The first-order valence-electron chi connectivity index (χ1n) is 10.0. The molecule has 0 saturated heterocycles. The normalized spacial score (nSPS) is 10.7. The number of hydrogen-bond acceptors (Lipinski definition) is 10. The molecule has 12 nitrogen and oxygen atoms in total. The number of nitrogens with zero attached hydrogens (tertiary/aromatic N) is 3. The molecule has 12 heteroatoms. The van der Waals surface area contributed by atoms with Crippen molar-refractivity contribution in [1.29, 1.82) is 0 Å². The Bertz CT molecular complexity index is 1360. The van der Waals surface area contributed by atoms with Crippen LogP contribution in [0.3, 0.4) is 0 Å². The van der Waals surface area contributed by atoms with Crippen LogP contribution < -0.4 is 26.5 Å². The molecule has 0 aliphatic carbocycles. The quantitative estimate of drug-likeness (QED) is 0.369. The summed E-state index contributed by atoms with van der Waals surface area (Å²) in [6.07, 6.45) is 0. The number of methoxy groups -OCH3 is 1. The van der Waals surface area contributed by atoms with Gasteiger partial charge in [-0.2, -0.15) is 0 Å². The number of carbonyl (C=O) groups excluding carboxylic acids is 2. The highest BCUT2D eigenvalue weighted by molar-refractivity contribution is 6.02. The lowest BCUT2D eigenvalue weighted by atomic mass is 10.2. The van der Waals surface area contributed by atoms with Gasteiger partial charge in [0, 0.05) is 14.1 Å². The number of esters is 1. The van der Waals surface area contributed by atoms with Crippen molar-refractivity contribution >= 4 is 17.6 Å². The molecule has 1 aromatic carbocycles. The summed E-state index contributed by atoms with van der Waals surface area (Å²) in [6.45, 7) is 3.01. The number of ether oxygens (including phenoxy) is 3. The van der Waals surface area contributed by atoms with E-state index < -0.39 is 35.2 Å². The van der Waals surface area contributed by atoms with Gasteiger partial charge in [-0.3, -0.25) is 18.7 Å².